The molecule has 36 heavy (non-hydrogen) atoms. The van der Waals surface area contributed by atoms with Crippen molar-refractivity contribution in [2.75, 3.05) is 26.4 Å². The molecule has 0 bridgehead atoms. The number of carbonyl (C=O) groups excluding carboxylic acids is 1. The Morgan fingerprint density at radius 3 is 2.61 bits per heavy atom. The minimum Gasteiger partial charge on any atom is -0.494 e. The first kappa shape index (κ1) is 25.8. The first-order valence-corrected chi connectivity index (χ1v) is 13.0. The van der Waals surface area contributed by atoms with Crippen molar-refractivity contribution in [3.63, 3.8) is 0 Å². The highest BCUT2D eigenvalue weighted by Crippen LogP contribution is 2.22. The van der Waals surface area contributed by atoms with Crippen molar-refractivity contribution in [1.29, 1.82) is 0 Å². The molecule has 2 atom stereocenters. The SMILES string of the molecule is CC(COc1ccc(Cc2sc(=O)[nH]c2O)cc1)N1CC(COCCCCc2ccccc2)OC1=O. The Bertz CT molecular complexity index is 1160. The number of rotatable bonds is 13. The average Bonchev–Trinajstić information content (AvgIpc) is 3.41. The third-order valence-electron chi connectivity index (χ3n) is 6.06. The van der Waals surface area contributed by atoms with Crippen LogP contribution in [0.2, 0.25) is 0 Å². The molecule has 1 amide bonds. The number of nitrogens with zero attached hydrogens (tertiary/aromatic N) is 1. The summed E-state index contributed by atoms with van der Waals surface area (Å²) in [5.41, 5.74) is 2.29. The number of unbranched alkanes of at least 4 members (excludes halogenated alkanes) is 1. The van der Waals surface area contributed by atoms with E-state index in [2.05, 4.69) is 29.2 Å². The number of aryl methyl sites for hydroxylation is 1. The topological polar surface area (TPSA) is 101 Å². The van der Waals surface area contributed by atoms with Gasteiger partial charge >= 0.3 is 11.0 Å². The number of hydrogen-bond donors (Lipinski definition) is 2. The number of ether oxygens (including phenoxy) is 3. The Morgan fingerprint density at radius 1 is 1.11 bits per heavy atom. The number of aromatic hydroxyl groups is 1. The highest BCUT2D eigenvalue weighted by atomic mass is 32.1. The second kappa shape index (κ2) is 12.6. The summed E-state index contributed by atoms with van der Waals surface area (Å²) in [7, 11) is 0. The largest absolute Gasteiger partial charge is 0.494 e. The molecule has 2 unspecified atom stereocenters. The molecular weight excluding hydrogens is 480 g/mol. The number of hydrogen-bond acceptors (Lipinski definition) is 7. The second-order valence-corrected chi connectivity index (χ2v) is 10.0. The molecule has 2 heterocycles. The molecule has 8 nitrogen and oxygen atoms in total. The molecule has 4 rings (SSSR count). The molecule has 0 spiro atoms. The van der Waals surface area contributed by atoms with Gasteiger partial charge in [0.2, 0.25) is 5.88 Å². The summed E-state index contributed by atoms with van der Waals surface area (Å²) in [6, 6.07) is 17.7. The number of aromatic amines is 1. The van der Waals surface area contributed by atoms with Gasteiger partial charge in [0.1, 0.15) is 18.5 Å². The fraction of sp³-hybridized carbons (Fsp3) is 0.407. The Morgan fingerprint density at radius 2 is 1.89 bits per heavy atom. The van der Waals surface area contributed by atoms with Crippen molar-refractivity contribution in [3.05, 3.63) is 80.3 Å². The van der Waals surface area contributed by atoms with E-state index in [9.17, 15) is 14.7 Å². The van der Waals surface area contributed by atoms with E-state index in [1.165, 1.54) is 5.56 Å². The van der Waals surface area contributed by atoms with Gasteiger partial charge in [-0.1, -0.05) is 53.8 Å². The Labute approximate surface area is 214 Å². The van der Waals surface area contributed by atoms with Crippen LogP contribution in [0.3, 0.4) is 0 Å². The number of aromatic nitrogens is 1. The van der Waals surface area contributed by atoms with Crippen LogP contribution in [0.1, 0.15) is 35.8 Å². The van der Waals surface area contributed by atoms with Crippen molar-refractivity contribution in [2.45, 2.75) is 44.8 Å². The lowest BCUT2D eigenvalue weighted by Crippen LogP contribution is -2.38. The quantitative estimate of drug-likeness (QED) is 0.330. The van der Waals surface area contributed by atoms with E-state index in [0.29, 0.717) is 43.4 Å². The minimum absolute atomic E-state index is 0.0802. The fourth-order valence-electron chi connectivity index (χ4n) is 4.05. The van der Waals surface area contributed by atoms with Gasteiger partial charge < -0.3 is 19.3 Å². The van der Waals surface area contributed by atoms with Crippen LogP contribution in [0.4, 0.5) is 4.79 Å². The van der Waals surface area contributed by atoms with Gasteiger partial charge in [0.15, 0.2) is 0 Å². The Kier molecular flexibility index (Phi) is 9.02. The molecule has 2 aromatic carbocycles. The fourth-order valence-corrected chi connectivity index (χ4v) is 4.81. The molecule has 1 aromatic heterocycles. The van der Waals surface area contributed by atoms with E-state index in [4.69, 9.17) is 14.2 Å². The van der Waals surface area contributed by atoms with Gasteiger partial charge in [-0.3, -0.25) is 14.7 Å². The first-order chi connectivity index (χ1) is 17.5. The van der Waals surface area contributed by atoms with Crippen molar-refractivity contribution >= 4 is 17.4 Å². The van der Waals surface area contributed by atoms with E-state index in [-0.39, 0.29) is 29.0 Å². The highest BCUT2D eigenvalue weighted by Gasteiger charge is 2.34. The van der Waals surface area contributed by atoms with Gasteiger partial charge in [0.05, 0.1) is 24.1 Å². The molecule has 1 aliphatic heterocycles. The summed E-state index contributed by atoms with van der Waals surface area (Å²) in [5.74, 6) is 0.600. The van der Waals surface area contributed by atoms with Gasteiger partial charge in [0, 0.05) is 13.0 Å². The standard InChI is InChI=1S/C27H32N2O6S/c1-19(17-34-22-12-10-21(11-13-22)15-24-25(30)28-26(31)36-24)29-16-23(35-27(29)32)18-33-14-6-5-9-20-7-3-2-4-8-20/h2-4,7-8,10-13,19,23,30H,5-6,9,14-18H2,1H3,(H,28,31). The third kappa shape index (κ3) is 7.35. The maximum Gasteiger partial charge on any atom is 0.410 e. The molecule has 0 radical (unpaired) electrons. The lowest BCUT2D eigenvalue weighted by molar-refractivity contribution is 0.0445. The number of amides is 1. The number of carbonyl (C=O) groups is 1. The smallest absolute Gasteiger partial charge is 0.410 e. The summed E-state index contributed by atoms with van der Waals surface area (Å²) in [5, 5.41) is 9.74. The number of nitrogens with one attached hydrogen (secondary N) is 1. The summed E-state index contributed by atoms with van der Waals surface area (Å²) in [6.45, 7) is 3.79. The Hall–Kier alpha value is -3.30. The van der Waals surface area contributed by atoms with E-state index in [1.807, 2.05) is 37.3 Å². The van der Waals surface area contributed by atoms with Crippen molar-refractivity contribution in [3.8, 4) is 11.6 Å². The lowest BCUT2D eigenvalue weighted by Gasteiger charge is -2.22. The van der Waals surface area contributed by atoms with Gasteiger partial charge in [-0.15, -0.1) is 0 Å². The van der Waals surface area contributed by atoms with Crippen LogP contribution in [0, 0.1) is 0 Å². The molecule has 9 heteroatoms. The highest BCUT2D eigenvalue weighted by molar-refractivity contribution is 7.09. The van der Waals surface area contributed by atoms with Gasteiger partial charge in [-0.2, -0.15) is 0 Å². The summed E-state index contributed by atoms with van der Waals surface area (Å²) in [6.07, 6.45) is 2.91. The molecule has 1 aliphatic rings. The molecule has 192 valence electrons. The predicted octanol–water partition coefficient (Wildman–Crippen LogP) is 4.36. The molecule has 2 N–H and O–H groups in total. The number of thiazole rings is 1. The zero-order valence-corrected chi connectivity index (χ0v) is 21.2. The van der Waals surface area contributed by atoms with E-state index >= 15 is 0 Å². The Balaban J connectivity index is 1.13. The van der Waals surface area contributed by atoms with E-state index < -0.39 is 0 Å². The van der Waals surface area contributed by atoms with E-state index in [1.54, 1.807) is 4.90 Å². The summed E-state index contributed by atoms with van der Waals surface area (Å²) < 4.78 is 17.1. The van der Waals surface area contributed by atoms with Crippen LogP contribution in [0.25, 0.3) is 0 Å². The molecule has 0 aliphatic carbocycles. The van der Waals surface area contributed by atoms with Gasteiger partial charge in [-0.05, 0) is 49.4 Å². The molecule has 1 saturated heterocycles. The number of H-pyrrole nitrogens is 1. The maximum absolute atomic E-state index is 12.3. The monoisotopic (exact) mass is 512 g/mol. The normalized spacial score (nSPS) is 16.2. The lowest BCUT2D eigenvalue weighted by atomic mass is 10.1. The zero-order valence-electron chi connectivity index (χ0n) is 20.4. The first-order valence-electron chi connectivity index (χ1n) is 12.2. The van der Waals surface area contributed by atoms with Crippen LogP contribution >= 0.6 is 11.3 Å². The van der Waals surface area contributed by atoms with Crippen LogP contribution in [-0.4, -0.2) is 59.6 Å². The van der Waals surface area contributed by atoms with Crippen LogP contribution < -0.4 is 9.61 Å². The maximum atomic E-state index is 12.3. The molecular formula is C27H32N2O6S. The molecule has 1 fully saturated rings. The minimum atomic E-state index is -0.343. The zero-order chi connectivity index (χ0) is 25.3. The van der Waals surface area contributed by atoms with Crippen LogP contribution in [0.15, 0.2) is 59.4 Å². The van der Waals surface area contributed by atoms with Gasteiger partial charge in [0.25, 0.3) is 0 Å². The van der Waals surface area contributed by atoms with Crippen LogP contribution in [0.5, 0.6) is 11.6 Å². The van der Waals surface area contributed by atoms with E-state index in [0.717, 1.165) is 36.2 Å². The van der Waals surface area contributed by atoms with Crippen molar-refractivity contribution < 1.29 is 24.1 Å². The van der Waals surface area contributed by atoms with Crippen LogP contribution in [-0.2, 0) is 22.3 Å². The average molecular weight is 513 g/mol. The molecule has 3 aromatic rings. The summed E-state index contributed by atoms with van der Waals surface area (Å²) >= 11 is 0.999. The summed E-state index contributed by atoms with van der Waals surface area (Å²) in [4.78, 5) is 28.0. The van der Waals surface area contributed by atoms with Gasteiger partial charge in [-0.25, -0.2) is 4.79 Å². The number of benzene rings is 2. The number of cyclic esters (lactones) is 1. The third-order valence-corrected chi connectivity index (χ3v) is 6.94. The van der Waals surface area contributed by atoms with Crippen molar-refractivity contribution in [1.82, 2.24) is 9.88 Å². The predicted molar refractivity (Wildman–Crippen MR) is 138 cm³/mol. The second-order valence-electron chi connectivity index (χ2n) is 8.94. The van der Waals surface area contributed by atoms with Crippen molar-refractivity contribution in [2.24, 2.45) is 0 Å². The molecule has 0 saturated carbocycles.